The van der Waals surface area contributed by atoms with Crippen LogP contribution in [0.25, 0.3) is 0 Å². The number of carbonyl (C=O) groups is 2. The molecule has 0 unspecified atom stereocenters. The number of ether oxygens (including phenoxy) is 1. The lowest BCUT2D eigenvalue weighted by Gasteiger charge is -2.20. The number of carbonyl (C=O) groups excluding carboxylic acids is 2. The Morgan fingerprint density at radius 2 is 1.90 bits per heavy atom. The highest BCUT2D eigenvalue weighted by Gasteiger charge is 2.18. The Morgan fingerprint density at radius 3 is 2.48 bits per heavy atom. The van der Waals surface area contributed by atoms with Crippen LogP contribution in [0.15, 0.2) is 5.16 Å². The van der Waals surface area contributed by atoms with Crippen LogP contribution in [-0.2, 0) is 9.57 Å². The first-order valence-corrected chi connectivity index (χ1v) is 7.71. The summed E-state index contributed by atoms with van der Waals surface area (Å²) >= 11 is 2.15. The predicted octanol–water partition coefficient (Wildman–Crippen LogP) is 2.69. The van der Waals surface area contributed by atoms with Gasteiger partial charge in [0.15, 0.2) is 0 Å². The first-order valence-electron chi connectivity index (χ1n) is 6.00. The molecule has 21 heavy (non-hydrogen) atoms. The SMILES string of the molecule is CCOC(=O)N(C)SN(C)C(=O)ON=C(C)SCCC#N. The van der Waals surface area contributed by atoms with E-state index in [2.05, 4.69) is 5.16 Å². The van der Waals surface area contributed by atoms with Gasteiger partial charge in [-0.1, -0.05) is 5.16 Å². The topological polar surface area (TPSA) is 95.2 Å². The Bertz CT molecular complexity index is 425. The second-order valence-corrected chi connectivity index (χ2v) is 6.05. The monoisotopic (exact) mass is 334 g/mol. The van der Waals surface area contributed by atoms with Gasteiger partial charge in [-0.3, -0.25) is 4.84 Å². The lowest BCUT2D eigenvalue weighted by Crippen LogP contribution is -2.29. The number of thioether (sulfide) groups is 1. The van der Waals surface area contributed by atoms with E-state index in [1.54, 1.807) is 13.8 Å². The van der Waals surface area contributed by atoms with Crippen LogP contribution in [0.4, 0.5) is 9.59 Å². The standard InChI is InChI=1S/C11H18N4O4S2/c1-5-18-10(16)14(3)21-15(4)11(17)19-13-9(2)20-8-6-7-12/h5-6,8H2,1-4H3. The number of oxime groups is 1. The van der Waals surface area contributed by atoms with Crippen molar-refractivity contribution >= 4 is 41.1 Å². The van der Waals surface area contributed by atoms with Crippen molar-refractivity contribution in [3.05, 3.63) is 0 Å². The van der Waals surface area contributed by atoms with Crippen LogP contribution in [0.5, 0.6) is 0 Å². The molecular formula is C11H18N4O4S2. The van der Waals surface area contributed by atoms with E-state index in [1.165, 1.54) is 25.9 Å². The smallest absolute Gasteiger partial charge is 0.447 e. The molecule has 0 aliphatic rings. The maximum absolute atomic E-state index is 11.6. The quantitative estimate of drug-likeness (QED) is 0.184. The third-order valence-electron chi connectivity index (χ3n) is 1.80. The van der Waals surface area contributed by atoms with Crippen molar-refractivity contribution in [3.8, 4) is 6.07 Å². The van der Waals surface area contributed by atoms with E-state index in [4.69, 9.17) is 14.8 Å². The number of amides is 2. The number of rotatable bonds is 6. The molecule has 118 valence electrons. The van der Waals surface area contributed by atoms with Gasteiger partial charge in [0, 0.05) is 26.3 Å². The van der Waals surface area contributed by atoms with E-state index < -0.39 is 12.2 Å². The van der Waals surface area contributed by atoms with Crippen molar-refractivity contribution in [1.29, 1.82) is 5.26 Å². The molecule has 0 saturated heterocycles. The average molecular weight is 334 g/mol. The van der Waals surface area contributed by atoms with Gasteiger partial charge in [-0.2, -0.15) is 5.26 Å². The summed E-state index contributed by atoms with van der Waals surface area (Å²) in [6, 6.07) is 2.00. The molecule has 0 bridgehead atoms. The highest BCUT2D eigenvalue weighted by molar-refractivity contribution is 8.13. The molecule has 2 amide bonds. The summed E-state index contributed by atoms with van der Waals surface area (Å²) in [5.41, 5.74) is 0. The predicted molar refractivity (Wildman–Crippen MR) is 82.4 cm³/mol. The summed E-state index contributed by atoms with van der Waals surface area (Å²) in [5, 5.41) is 12.6. The summed E-state index contributed by atoms with van der Waals surface area (Å²) in [4.78, 5) is 27.7. The second-order valence-electron chi connectivity index (χ2n) is 3.50. The zero-order valence-corrected chi connectivity index (χ0v) is 14.0. The molecule has 0 fully saturated rings. The summed E-state index contributed by atoms with van der Waals surface area (Å²) < 4.78 is 7.03. The van der Waals surface area contributed by atoms with E-state index in [1.807, 2.05) is 6.07 Å². The van der Waals surface area contributed by atoms with E-state index in [0.717, 1.165) is 20.7 Å². The van der Waals surface area contributed by atoms with Crippen molar-refractivity contribution < 1.29 is 19.2 Å². The molecule has 0 aliphatic heterocycles. The van der Waals surface area contributed by atoms with Gasteiger partial charge in [0.1, 0.15) is 5.04 Å². The molecule has 8 nitrogen and oxygen atoms in total. The van der Waals surface area contributed by atoms with Crippen LogP contribution in [0, 0.1) is 11.3 Å². The van der Waals surface area contributed by atoms with E-state index >= 15 is 0 Å². The molecule has 0 radical (unpaired) electrons. The summed E-state index contributed by atoms with van der Waals surface area (Å²) in [6.07, 6.45) is -0.892. The molecule has 10 heteroatoms. The number of hydrogen-bond donors (Lipinski definition) is 0. The molecular weight excluding hydrogens is 316 g/mol. The molecule has 0 aromatic carbocycles. The van der Waals surface area contributed by atoms with Gasteiger partial charge in [0.2, 0.25) is 0 Å². The molecule has 0 aromatic heterocycles. The molecule has 0 aromatic rings. The van der Waals surface area contributed by atoms with Gasteiger partial charge < -0.3 is 4.74 Å². The first kappa shape index (κ1) is 19.4. The highest BCUT2D eigenvalue weighted by atomic mass is 32.2. The third-order valence-corrected chi connectivity index (χ3v) is 3.49. The molecule has 0 atom stereocenters. The molecule has 0 aliphatic carbocycles. The Labute approximate surface area is 132 Å². The van der Waals surface area contributed by atoms with Crippen molar-refractivity contribution in [2.24, 2.45) is 5.16 Å². The Hall–Kier alpha value is -1.60. The van der Waals surface area contributed by atoms with Crippen molar-refractivity contribution in [2.75, 3.05) is 26.5 Å². The van der Waals surface area contributed by atoms with E-state index in [0.29, 0.717) is 17.2 Å². The van der Waals surface area contributed by atoms with Gasteiger partial charge in [-0.15, -0.1) is 11.8 Å². The maximum Gasteiger partial charge on any atom is 0.447 e. The summed E-state index contributed by atoms with van der Waals surface area (Å²) in [7, 11) is 2.91. The van der Waals surface area contributed by atoms with Gasteiger partial charge in [-0.25, -0.2) is 18.2 Å². The molecule has 0 spiro atoms. The fraction of sp³-hybridized carbons (Fsp3) is 0.636. The van der Waals surface area contributed by atoms with E-state index in [-0.39, 0.29) is 6.61 Å². The molecule has 0 N–H and O–H groups in total. The van der Waals surface area contributed by atoms with Gasteiger partial charge in [0.05, 0.1) is 24.8 Å². The van der Waals surface area contributed by atoms with Crippen LogP contribution >= 0.6 is 23.9 Å². The third kappa shape index (κ3) is 9.04. The Balaban J connectivity index is 4.18. The summed E-state index contributed by atoms with van der Waals surface area (Å²) in [5.74, 6) is 0.583. The number of nitrogens with zero attached hydrogens (tertiary/aromatic N) is 4. The van der Waals surface area contributed by atoms with Crippen LogP contribution in [0.2, 0.25) is 0 Å². The van der Waals surface area contributed by atoms with Crippen LogP contribution in [0.1, 0.15) is 20.3 Å². The molecule has 0 heterocycles. The van der Waals surface area contributed by atoms with Crippen molar-refractivity contribution in [3.63, 3.8) is 0 Å². The first-order chi connectivity index (χ1) is 9.92. The number of hydrogen-bond acceptors (Lipinski definition) is 8. The Kier molecular flexibility index (Phi) is 10.3. The zero-order chi connectivity index (χ0) is 16.3. The minimum Gasteiger partial charge on any atom is -0.449 e. The van der Waals surface area contributed by atoms with Gasteiger partial charge >= 0.3 is 12.2 Å². The van der Waals surface area contributed by atoms with Crippen LogP contribution in [-0.4, -0.2) is 52.3 Å². The Morgan fingerprint density at radius 1 is 1.29 bits per heavy atom. The lowest BCUT2D eigenvalue weighted by molar-refractivity contribution is 0.132. The van der Waals surface area contributed by atoms with Crippen LogP contribution < -0.4 is 0 Å². The lowest BCUT2D eigenvalue weighted by atomic mass is 10.6. The van der Waals surface area contributed by atoms with Gasteiger partial charge in [0.25, 0.3) is 0 Å². The van der Waals surface area contributed by atoms with Crippen LogP contribution in [0.3, 0.4) is 0 Å². The normalized spacial score (nSPS) is 10.5. The zero-order valence-electron chi connectivity index (χ0n) is 12.4. The summed E-state index contributed by atoms with van der Waals surface area (Å²) in [6.45, 7) is 3.62. The highest BCUT2D eigenvalue weighted by Crippen LogP contribution is 2.15. The minimum atomic E-state index is -0.726. The number of nitriles is 1. The van der Waals surface area contributed by atoms with E-state index in [9.17, 15) is 9.59 Å². The minimum absolute atomic E-state index is 0.251. The van der Waals surface area contributed by atoms with Crippen molar-refractivity contribution in [2.45, 2.75) is 20.3 Å². The molecule has 0 rings (SSSR count). The fourth-order valence-corrected chi connectivity index (χ4v) is 2.06. The second kappa shape index (κ2) is 11.1. The largest absolute Gasteiger partial charge is 0.449 e. The van der Waals surface area contributed by atoms with Gasteiger partial charge in [-0.05, 0) is 13.8 Å². The molecule has 0 saturated carbocycles. The fourth-order valence-electron chi connectivity index (χ4n) is 0.896. The maximum atomic E-state index is 11.6. The average Bonchev–Trinajstić information content (AvgIpc) is 2.45. The van der Waals surface area contributed by atoms with Crippen molar-refractivity contribution in [1.82, 2.24) is 8.61 Å².